The molecule has 0 aromatic heterocycles. The van der Waals surface area contributed by atoms with E-state index in [-0.39, 0.29) is 0 Å². The molecule has 0 saturated heterocycles. The van der Waals surface area contributed by atoms with Crippen LogP contribution in [0.3, 0.4) is 0 Å². The smallest absolute Gasteiger partial charge is 0.334 e. The lowest BCUT2D eigenvalue weighted by atomic mass is 10.3. The van der Waals surface area contributed by atoms with Crippen LogP contribution in [0.2, 0.25) is 12.6 Å². The third-order valence-electron chi connectivity index (χ3n) is 2.10. The second-order valence-corrected chi connectivity index (χ2v) is 6.49. The Morgan fingerprint density at radius 3 is 2.25 bits per heavy atom. The van der Waals surface area contributed by atoms with Crippen molar-refractivity contribution in [2.45, 2.75) is 25.9 Å². The van der Waals surface area contributed by atoms with Crippen LogP contribution in [0.5, 0.6) is 0 Å². The molecule has 4 heteroatoms. The summed E-state index contributed by atoms with van der Waals surface area (Å²) in [7, 11) is 1.49. The van der Waals surface area contributed by atoms with Gasteiger partial charge in [0.15, 0.2) is 0 Å². The van der Waals surface area contributed by atoms with Crippen molar-refractivity contribution in [3.05, 3.63) is 11.8 Å². The molecule has 0 aliphatic heterocycles. The highest BCUT2D eigenvalue weighted by Crippen LogP contribution is 2.15. The highest BCUT2D eigenvalue weighted by Gasteiger charge is 2.27. The fourth-order valence-electron chi connectivity index (χ4n) is 0.803. The van der Waals surface area contributed by atoms with Crippen molar-refractivity contribution in [1.82, 2.24) is 0 Å². The Bertz CT molecular complexity index is 155. The Morgan fingerprint density at radius 1 is 1.42 bits per heavy atom. The topological polar surface area (TPSA) is 44.5 Å². The molecule has 0 heterocycles. The first-order chi connectivity index (χ1) is 5.58. The van der Waals surface area contributed by atoms with Gasteiger partial charge in [0, 0.05) is 19.9 Å². The van der Waals surface area contributed by atoms with Crippen LogP contribution in [0.4, 0.5) is 0 Å². The van der Waals surface area contributed by atoms with Gasteiger partial charge in [-0.2, -0.15) is 0 Å². The van der Waals surface area contributed by atoms with E-state index in [2.05, 4.69) is 0 Å². The first-order valence-corrected chi connectivity index (χ1v) is 6.61. The van der Waals surface area contributed by atoms with Gasteiger partial charge in [0.2, 0.25) is 0 Å². The third kappa shape index (κ3) is 3.89. The summed E-state index contributed by atoms with van der Waals surface area (Å²) < 4.78 is 10.6. The van der Waals surface area contributed by atoms with Crippen molar-refractivity contribution in [3.8, 4) is 0 Å². The Balaban J connectivity index is 3.89. The molecule has 0 fully saturated rings. The molecular weight excluding hydrogens is 170 g/mol. The molecule has 0 atom stereocenters. The zero-order valence-corrected chi connectivity index (χ0v) is 9.39. The third-order valence-corrected chi connectivity index (χ3v) is 4.99. The van der Waals surface area contributed by atoms with Crippen molar-refractivity contribution < 1.29 is 8.85 Å². The maximum atomic E-state index is 5.66. The van der Waals surface area contributed by atoms with Gasteiger partial charge < -0.3 is 14.6 Å². The minimum absolute atomic E-state index is 0.862. The Morgan fingerprint density at radius 2 is 1.92 bits per heavy atom. The van der Waals surface area contributed by atoms with Crippen LogP contribution >= 0.6 is 0 Å². The van der Waals surface area contributed by atoms with Gasteiger partial charge in [0.05, 0.1) is 0 Å². The second kappa shape index (κ2) is 5.34. The SMILES string of the molecule is C/C=C(\N)CC[Si](C)(OC)OC. The van der Waals surface area contributed by atoms with Crippen LogP contribution in [-0.4, -0.2) is 22.8 Å². The van der Waals surface area contributed by atoms with E-state index in [1.807, 2.05) is 19.5 Å². The summed E-state index contributed by atoms with van der Waals surface area (Å²) >= 11 is 0. The quantitative estimate of drug-likeness (QED) is 0.668. The van der Waals surface area contributed by atoms with Crippen molar-refractivity contribution in [2.75, 3.05) is 14.2 Å². The zero-order valence-electron chi connectivity index (χ0n) is 8.39. The fraction of sp³-hybridized carbons (Fsp3) is 0.750. The highest BCUT2D eigenvalue weighted by molar-refractivity contribution is 6.65. The van der Waals surface area contributed by atoms with E-state index >= 15 is 0 Å². The average Bonchev–Trinajstić information content (AvgIpc) is 2.13. The molecule has 0 rings (SSSR count). The molecule has 0 aliphatic rings. The van der Waals surface area contributed by atoms with Crippen LogP contribution in [0.1, 0.15) is 13.3 Å². The maximum absolute atomic E-state index is 5.66. The number of hydrogen-bond acceptors (Lipinski definition) is 3. The van der Waals surface area contributed by atoms with Crippen molar-refractivity contribution in [2.24, 2.45) is 5.73 Å². The molecule has 0 aromatic carbocycles. The number of nitrogens with two attached hydrogens (primary N) is 1. The second-order valence-electron chi connectivity index (χ2n) is 2.91. The number of hydrogen-bond donors (Lipinski definition) is 1. The molecule has 3 nitrogen and oxygen atoms in total. The first-order valence-electron chi connectivity index (χ1n) is 4.09. The predicted octanol–water partition coefficient (Wildman–Crippen LogP) is 1.60. The lowest BCUT2D eigenvalue weighted by Crippen LogP contribution is -2.36. The van der Waals surface area contributed by atoms with Gasteiger partial charge in [-0.05, 0) is 25.9 Å². The molecule has 0 aromatic rings. The van der Waals surface area contributed by atoms with Gasteiger partial charge in [-0.3, -0.25) is 0 Å². The van der Waals surface area contributed by atoms with Crippen LogP contribution in [0.15, 0.2) is 11.8 Å². The van der Waals surface area contributed by atoms with Gasteiger partial charge in [-0.15, -0.1) is 0 Å². The lowest BCUT2D eigenvalue weighted by Gasteiger charge is -2.22. The van der Waals surface area contributed by atoms with Crippen LogP contribution in [0.25, 0.3) is 0 Å². The Kier molecular flexibility index (Phi) is 5.20. The van der Waals surface area contributed by atoms with E-state index in [0.29, 0.717) is 0 Å². The summed E-state index contributed by atoms with van der Waals surface area (Å²) in [5, 5.41) is 0. The normalized spacial score (nSPS) is 13.5. The molecule has 0 aliphatic carbocycles. The minimum atomic E-state index is -1.90. The van der Waals surface area contributed by atoms with E-state index < -0.39 is 8.56 Å². The molecule has 12 heavy (non-hydrogen) atoms. The monoisotopic (exact) mass is 189 g/mol. The average molecular weight is 189 g/mol. The van der Waals surface area contributed by atoms with E-state index in [9.17, 15) is 0 Å². The van der Waals surface area contributed by atoms with Crippen molar-refractivity contribution >= 4 is 8.56 Å². The molecule has 0 saturated carbocycles. The standard InChI is InChI=1S/C8H19NO2Si/c1-5-8(9)6-7-12(4,10-2)11-3/h5H,6-7,9H2,1-4H3/b8-5-. The summed E-state index contributed by atoms with van der Waals surface area (Å²) in [6.45, 7) is 3.98. The molecular formula is C8H19NO2Si. The molecule has 0 unspecified atom stereocenters. The van der Waals surface area contributed by atoms with E-state index in [1.54, 1.807) is 14.2 Å². The zero-order chi connectivity index (χ0) is 9.61. The van der Waals surface area contributed by atoms with Gasteiger partial charge in [-0.1, -0.05) is 6.08 Å². The van der Waals surface area contributed by atoms with Crippen molar-refractivity contribution in [3.63, 3.8) is 0 Å². The molecule has 0 bridgehead atoms. The number of rotatable bonds is 5. The molecule has 0 spiro atoms. The molecule has 0 amide bonds. The molecule has 2 N–H and O–H groups in total. The summed E-state index contributed by atoms with van der Waals surface area (Å²) in [5.74, 6) is 0. The van der Waals surface area contributed by atoms with Gasteiger partial charge >= 0.3 is 8.56 Å². The van der Waals surface area contributed by atoms with E-state index in [1.165, 1.54) is 0 Å². The minimum Gasteiger partial charge on any atom is -0.402 e. The first kappa shape index (κ1) is 11.7. The van der Waals surface area contributed by atoms with Crippen LogP contribution < -0.4 is 5.73 Å². The van der Waals surface area contributed by atoms with Gasteiger partial charge in [-0.25, -0.2) is 0 Å². The van der Waals surface area contributed by atoms with Crippen molar-refractivity contribution in [1.29, 1.82) is 0 Å². The Labute approximate surface area is 75.8 Å². The largest absolute Gasteiger partial charge is 0.402 e. The van der Waals surface area contributed by atoms with E-state index in [0.717, 1.165) is 18.2 Å². The van der Waals surface area contributed by atoms with Crippen LogP contribution in [-0.2, 0) is 8.85 Å². The number of allylic oxidation sites excluding steroid dienone is 2. The van der Waals surface area contributed by atoms with Gasteiger partial charge in [0.1, 0.15) is 0 Å². The summed E-state index contributed by atoms with van der Waals surface area (Å²) in [6.07, 6.45) is 2.78. The maximum Gasteiger partial charge on any atom is 0.334 e. The predicted molar refractivity (Wildman–Crippen MR) is 53.0 cm³/mol. The summed E-state index contributed by atoms with van der Waals surface area (Å²) in [5.41, 5.74) is 6.57. The molecule has 72 valence electrons. The fourth-order valence-corrected chi connectivity index (χ4v) is 2.12. The Hall–Kier alpha value is -0.323. The van der Waals surface area contributed by atoms with E-state index in [4.69, 9.17) is 14.6 Å². The van der Waals surface area contributed by atoms with Crippen LogP contribution in [0, 0.1) is 0 Å². The summed E-state index contributed by atoms with van der Waals surface area (Å²) in [6, 6.07) is 0.913. The highest BCUT2D eigenvalue weighted by atomic mass is 28.4. The van der Waals surface area contributed by atoms with Gasteiger partial charge in [0.25, 0.3) is 0 Å². The summed E-state index contributed by atoms with van der Waals surface area (Å²) in [4.78, 5) is 0. The lowest BCUT2D eigenvalue weighted by molar-refractivity contribution is 0.249. The molecule has 0 radical (unpaired) electrons.